The molecule has 1 aromatic rings. The van der Waals surface area contributed by atoms with Crippen LogP contribution in [0.2, 0.25) is 0 Å². The molecule has 24 heavy (non-hydrogen) atoms. The second-order valence-corrected chi connectivity index (χ2v) is 6.06. The third-order valence-corrected chi connectivity index (χ3v) is 4.02. The number of halogens is 4. The third kappa shape index (κ3) is 5.56. The number of carbonyl (C=O) groups is 1. The Kier molecular flexibility index (Phi) is 6.92. The second-order valence-electron chi connectivity index (χ2n) is 6.06. The van der Waals surface area contributed by atoms with E-state index in [0.29, 0.717) is 24.1 Å². The zero-order chi connectivity index (χ0) is 17.1. The number of ether oxygens (including phenoxy) is 1. The molecule has 3 N–H and O–H groups in total. The Hall–Kier alpha value is -1.47. The molecule has 136 valence electrons. The van der Waals surface area contributed by atoms with Gasteiger partial charge < -0.3 is 15.8 Å². The van der Waals surface area contributed by atoms with Gasteiger partial charge in [-0.05, 0) is 43.5 Å². The molecule has 0 saturated heterocycles. The van der Waals surface area contributed by atoms with E-state index in [-0.39, 0.29) is 24.1 Å². The maximum absolute atomic E-state index is 12.3. The molecular formula is C16H22ClF3N2O2. The van der Waals surface area contributed by atoms with Crippen molar-refractivity contribution in [2.24, 2.45) is 5.73 Å². The molecule has 1 saturated carbocycles. The molecule has 0 heterocycles. The number of anilines is 1. The van der Waals surface area contributed by atoms with Crippen LogP contribution in [0.3, 0.4) is 0 Å². The number of aryl methyl sites for hydroxylation is 1. The van der Waals surface area contributed by atoms with Crippen molar-refractivity contribution < 1.29 is 22.7 Å². The van der Waals surface area contributed by atoms with Gasteiger partial charge >= 0.3 is 6.18 Å². The van der Waals surface area contributed by atoms with E-state index in [9.17, 15) is 18.0 Å². The number of hydrogen-bond acceptors (Lipinski definition) is 3. The van der Waals surface area contributed by atoms with Crippen LogP contribution in [0.4, 0.5) is 18.9 Å². The summed E-state index contributed by atoms with van der Waals surface area (Å²) < 4.78 is 41.3. The molecule has 2 rings (SSSR count). The lowest BCUT2D eigenvalue weighted by Gasteiger charge is -2.31. The SMILES string of the molecule is Cc1cc(NC(=O)C2(N)CCCCC2)ccc1OCC(F)(F)F.Cl. The van der Waals surface area contributed by atoms with Gasteiger partial charge in [-0.3, -0.25) is 4.79 Å². The lowest BCUT2D eigenvalue weighted by Crippen LogP contribution is -2.52. The molecule has 8 heteroatoms. The number of benzene rings is 1. The standard InChI is InChI=1S/C16H21F3N2O2.ClH/c1-11-9-12(5-6-13(11)23-10-16(17,18)19)21-14(22)15(20)7-3-2-4-8-15;/h5-6,9H,2-4,7-8,10,20H2,1H3,(H,21,22);1H. The van der Waals surface area contributed by atoms with E-state index in [4.69, 9.17) is 10.5 Å². The maximum Gasteiger partial charge on any atom is 0.422 e. The van der Waals surface area contributed by atoms with Crippen LogP contribution in [0.5, 0.6) is 5.75 Å². The molecule has 4 nitrogen and oxygen atoms in total. The Morgan fingerprint density at radius 3 is 2.46 bits per heavy atom. The summed E-state index contributed by atoms with van der Waals surface area (Å²) in [5, 5.41) is 2.75. The van der Waals surface area contributed by atoms with Crippen LogP contribution in [0, 0.1) is 6.92 Å². The molecule has 0 atom stereocenters. The Labute approximate surface area is 145 Å². The van der Waals surface area contributed by atoms with E-state index in [0.717, 1.165) is 19.3 Å². The van der Waals surface area contributed by atoms with Crippen molar-refractivity contribution in [3.8, 4) is 5.75 Å². The molecule has 0 radical (unpaired) electrons. The summed E-state index contributed by atoms with van der Waals surface area (Å²) in [6.45, 7) is 0.283. The van der Waals surface area contributed by atoms with Gasteiger partial charge in [-0.25, -0.2) is 0 Å². The highest BCUT2D eigenvalue weighted by molar-refractivity contribution is 5.98. The Balaban J connectivity index is 0.00000288. The van der Waals surface area contributed by atoms with Crippen molar-refractivity contribution in [1.82, 2.24) is 0 Å². The highest BCUT2D eigenvalue weighted by Crippen LogP contribution is 2.29. The monoisotopic (exact) mass is 366 g/mol. The van der Waals surface area contributed by atoms with Gasteiger partial charge in [0.05, 0.1) is 5.54 Å². The number of rotatable bonds is 4. The summed E-state index contributed by atoms with van der Waals surface area (Å²) in [5.41, 5.74) is 6.31. The third-order valence-electron chi connectivity index (χ3n) is 4.02. The molecule has 0 aliphatic heterocycles. The fourth-order valence-corrected chi connectivity index (χ4v) is 2.71. The average molecular weight is 367 g/mol. The van der Waals surface area contributed by atoms with Gasteiger partial charge in [-0.1, -0.05) is 19.3 Å². The van der Waals surface area contributed by atoms with Gasteiger partial charge in [-0.15, -0.1) is 12.4 Å². The minimum Gasteiger partial charge on any atom is -0.484 e. The van der Waals surface area contributed by atoms with Crippen molar-refractivity contribution in [3.63, 3.8) is 0 Å². The van der Waals surface area contributed by atoms with E-state index in [1.807, 2.05) is 0 Å². The molecule has 0 bridgehead atoms. The number of amides is 1. The lowest BCUT2D eigenvalue weighted by atomic mass is 9.82. The molecule has 1 amide bonds. The molecular weight excluding hydrogens is 345 g/mol. The Morgan fingerprint density at radius 1 is 1.29 bits per heavy atom. The zero-order valence-corrected chi connectivity index (χ0v) is 14.2. The van der Waals surface area contributed by atoms with Gasteiger partial charge in [0.25, 0.3) is 0 Å². The number of nitrogens with two attached hydrogens (primary N) is 1. The van der Waals surface area contributed by atoms with Crippen LogP contribution in [0.15, 0.2) is 18.2 Å². The van der Waals surface area contributed by atoms with Crippen LogP contribution >= 0.6 is 12.4 Å². The summed E-state index contributed by atoms with van der Waals surface area (Å²) in [6, 6.07) is 4.51. The number of hydrogen-bond donors (Lipinski definition) is 2. The summed E-state index contributed by atoms with van der Waals surface area (Å²) in [4.78, 5) is 12.3. The summed E-state index contributed by atoms with van der Waals surface area (Å²) in [7, 11) is 0. The highest BCUT2D eigenvalue weighted by atomic mass is 35.5. The first-order valence-corrected chi connectivity index (χ1v) is 7.60. The smallest absolute Gasteiger partial charge is 0.422 e. The first-order valence-electron chi connectivity index (χ1n) is 7.60. The number of alkyl halides is 3. The molecule has 1 aliphatic rings. The van der Waals surface area contributed by atoms with Crippen molar-refractivity contribution in [1.29, 1.82) is 0 Å². The van der Waals surface area contributed by atoms with Crippen molar-refractivity contribution >= 4 is 24.0 Å². The van der Waals surface area contributed by atoms with Gasteiger partial charge in [0.1, 0.15) is 5.75 Å². The van der Waals surface area contributed by atoms with Crippen LogP contribution in [0.1, 0.15) is 37.7 Å². The molecule has 1 aromatic carbocycles. The van der Waals surface area contributed by atoms with E-state index in [1.165, 1.54) is 12.1 Å². The Morgan fingerprint density at radius 2 is 1.92 bits per heavy atom. The highest BCUT2D eigenvalue weighted by Gasteiger charge is 2.35. The largest absolute Gasteiger partial charge is 0.484 e. The van der Waals surface area contributed by atoms with Gasteiger partial charge in [0.15, 0.2) is 6.61 Å². The molecule has 1 fully saturated rings. The van der Waals surface area contributed by atoms with Crippen LogP contribution in [-0.4, -0.2) is 24.2 Å². The molecule has 0 aromatic heterocycles. The van der Waals surface area contributed by atoms with E-state index in [2.05, 4.69) is 5.32 Å². The normalized spacial score (nSPS) is 16.9. The van der Waals surface area contributed by atoms with Gasteiger partial charge in [0.2, 0.25) is 5.91 Å². The van der Waals surface area contributed by atoms with Crippen molar-refractivity contribution in [3.05, 3.63) is 23.8 Å². The molecule has 1 aliphatic carbocycles. The van der Waals surface area contributed by atoms with Crippen LogP contribution < -0.4 is 15.8 Å². The van der Waals surface area contributed by atoms with Crippen molar-refractivity contribution in [2.75, 3.05) is 11.9 Å². The molecule has 0 unspecified atom stereocenters. The Bertz CT molecular complexity index is 573. The first kappa shape index (κ1) is 20.6. The number of carbonyl (C=O) groups excluding carboxylic acids is 1. The summed E-state index contributed by atoms with van der Waals surface area (Å²) >= 11 is 0. The summed E-state index contributed by atoms with van der Waals surface area (Å²) in [5.74, 6) is -0.110. The average Bonchev–Trinajstić information content (AvgIpc) is 2.46. The fourth-order valence-electron chi connectivity index (χ4n) is 2.71. The quantitative estimate of drug-likeness (QED) is 0.847. The predicted molar refractivity (Wildman–Crippen MR) is 88.6 cm³/mol. The van der Waals surface area contributed by atoms with Crippen LogP contribution in [-0.2, 0) is 4.79 Å². The summed E-state index contributed by atoms with van der Waals surface area (Å²) in [6.07, 6.45) is -0.168. The van der Waals surface area contributed by atoms with E-state index in [1.54, 1.807) is 13.0 Å². The first-order chi connectivity index (χ1) is 10.7. The molecule has 0 spiro atoms. The van der Waals surface area contributed by atoms with Gasteiger partial charge in [-0.2, -0.15) is 13.2 Å². The fraction of sp³-hybridized carbons (Fsp3) is 0.562. The van der Waals surface area contributed by atoms with E-state index < -0.39 is 18.3 Å². The lowest BCUT2D eigenvalue weighted by molar-refractivity contribution is -0.153. The van der Waals surface area contributed by atoms with Gasteiger partial charge in [0, 0.05) is 5.69 Å². The number of nitrogens with one attached hydrogen (secondary N) is 1. The zero-order valence-electron chi connectivity index (χ0n) is 13.4. The second kappa shape index (κ2) is 8.07. The van der Waals surface area contributed by atoms with E-state index >= 15 is 0 Å². The van der Waals surface area contributed by atoms with Crippen molar-refractivity contribution in [2.45, 2.75) is 50.7 Å². The predicted octanol–water partition coefficient (Wildman–Crippen LogP) is 3.96. The minimum atomic E-state index is -4.38. The minimum absolute atomic E-state index is 0. The topological polar surface area (TPSA) is 64.4 Å². The maximum atomic E-state index is 12.3. The van der Waals surface area contributed by atoms with Crippen LogP contribution in [0.25, 0.3) is 0 Å².